The van der Waals surface area contributed by atoms with Crippen LogP contribution in [0.5, 0.6) is 0 Å². The highest BCUT2D eigenvalue weighted by molar-refractivity contribution is 5.83. The molecule has 0 aliphatic carbocycles. The van der Waals surface area contributed by atoms with Crippen LogP contribution in [0.1, 0.15) is 13.8 Å². The monoisotopic (exact) mass is 155 g/mol. The predicted molar refractivity (Wildman–Crippen MR) is 36.7 cm³/mol. The van der Waals surface area contributed by atoms with E-state index in [9.17, 15) is 9.59 Å². The van der Waals surface area contributed by atoms with Crippen molar-refractivity contribution in [3.8, 4) is 6.07 Å². The Morgan fingerprint density at radius 3 is 2.36 bits per heavy atom. The fraction of sp³-hybridized carbons (Fsp3) is 0.500. The largest absolute Gasteiger partial charge is 0.274 e. The van der Waals surface area contributed by atoms with Crippen molar-refractivity contribution in [1.82, 2.24) is 10.9 Å². The molecule has 0 aliphatic rings. The van der Waals surface area contributed by atoms with Gasteiger partial charge in [0.15, 0.2) is 0 Å². The van der Waals surface area contributed by atoms with Crippen molar-refractivity contribution in [2.45, 2.75) is 13.8 Å². The molecule has 2 N–H and O–H groups in total. The van der Waals surface area contributed by atoms with E-state index in [1.807, 2.05) is 0 Å². The van der Waals surface area contributed by atoms with E-state index in [-0.39, 0.29) is 5.91 Å². The van der Waals surface area contributed by atoms with Gasteiger partial charge in [-0.2, -0.15) is 5.26 Å². The molecule has 2 amide bonds. The van der Waals surface area contributed by atoms with Gasteiger partial charge in [0, 0.05) is 6.92 Å². The van der Waals surface area contributed by atoms with E-state index in [2.05, 4.69) is 10.9 Å². The van der Waals surface area contributed by atoms with Crippen LogP contribution in [0.25, 0.3) is 0 Å². The van der Waals surface area contributed by atoms with Crippen molar-refractivity contribution < 1.29 is 9.59 Å². The van der Waals surface area contributed by atoms with Crippen LogP contribution in [0.3, 0.4) is 0 Å². The maximum Gasteiger partial charge on any atom is 0.255 e. The van der Waals surface area contributed by atoms with Gasteiger partial charge in [-0.15, -0.1) is 0 Å². The first kappa shape index (κ1) is 9.43. The highest BCUT2D eigenvalue weighted by atomic mass is 16.2. The Hall–Kier alpha value is -1.57. The Morgan fingerprint density at radius 1 is 1.45 bits per heavy atom. The number of hydrogen-bond acceptors (Lipinski definition) is 3. The van der Waals surface area contributed by atoms with E-state index in [0.29, 0.717) is 0 Å². The summed E-state index contributed by atoms with van der Waals surface area (Å²) in [5.74, 6) is -1.63. The number of nitriles is 1. The third-order valence-corrected chi connectivity index (χ3v) is 0.949. The van der Waals surface area contributed by atoms with Crippen LogP contribution in [-0.2, 0) is 9.59 Å². The van der Waals surface area contributed by atoms with Crippen molar-refractivity contribution in [2.24, 2.45) is 5.92 Å². The quantitative estimate of drug-likeness (QED) is 0.492. The van der Waals surface area contributed by atoms with Gasteiger partial charge in [0.25, 0.3) is 5.91 Å². The van der Waals surface area contributed by atoms with Crippen LogP contribution in [-0.4, -0.2) is 11.8 Å². The fourth-order valence-corrected chi connectivity index (χ4v) is 0.316. The number of hydrazine groups is 1. The molecule has 0 saturated heterocycles. The molecule has 0 bridgehead atoms. The Labute approximate surface area is 64.3 Å². The van der Waals surface area contributed by atoms with Gasteiger partial charge < -0.3 is 0 Å². The summed E-state index contributed by atoms with van der Waals surface area (Å²) in [7, 11) is 0. The summed E-state index contributed by atoms with van der Waals surface area (Å²) < 4.78 is 0. The normalized spacial score (nSPS) is 11.0. The van der Waals surface area contributed by atoms with Crippen molar-refractivity contribution in [1.29, 1.82) is 5.26 Å². The van der Waals surface area contributed by atoms with E-state index in [1.165, 1.54) is 13.8 Å². The average Bonchev–Trinajstić information content (AvgIpc) is 1.98. The lowest BCUT2D eigenvalue weighted by Crippen LogP contribution is -2.42. The molecule has 0 aliphatic heterocycles. The molecule has 0 rings (SSSR count). The van der Waals surface area contributed by atoms with Crippen molar-refractivity contribution in [2.75, 3.05) is 0 Å². The molecular formula is C6H9N3O2. The van der Waals surface area contributed by atoms with Gasteiger partial charge in [-0.1, -0.05) is 0 Å². The molecule has 1 atom stereocenters. The van der Waals surface area contributed by atoms with Gasteiger partial charge in [0.2, 0.25) is 5.91 Å². The molecule has 11 heavy (non-hydrogen) atoms. The van der Waals surface area contributed by atoms with Crippen molar-refractivity contribution >= 4 is 11.8 Å². The van der Waals surface area contributed by atoms with Crippen LogP contribution in [0, 0.1) is 17.2 Å². The second kappa shape index (κ2) is 4.28. The topological polar surface area (TPSA) is 82.0 Å². The van der Waals surface area contributed by atoms with Gasteiger partial charge in [0.05, 0.1) is 6.07 Å². The second-order valence-corrected chi connectivity index (χ2v) is 2.02. The molecule has 60 valence electrons. The molecule has 0 spiro atoms. The maximum absolute atomic E-state index is 10.7. The third-order valence-electron chi connectivity index (χ3n) is 0.949. The summed E-state index contributed by atoms with van der Waals surface area (Å²) in [6.07, 6.45) is 0. The zero-order valence-corrected chi connectivity index (χ0v) is 6.34. The van der Waals surface area contributed by atoms with Crippen LogP contribution >= 0.6 is 0 Å². The van der Waals surface area contributed by atoms with Crippen LogP contribution in [0.2, 0.25) is 0 Å². The Balaban J connectivity index is 3.72. The first-order valence-corrected chi connectivity index (χ1v) is 3.04. The number of nitrogens with one attached hydrogen (secondary N) is 2. The number of carbonyl (C=O) groups is 2. The molecule has 0 radical (unpaired) electrons. The molecule has 0 heterocycles. The second-order valence-electron chi connectivity index (χ2n) is 2.02. The average molecular weight is 155 g/mol. The third kappa shape index (κ3) is 3.92. The molecule has 0 aromatic heterocycles. The highest BCUT2D eigenvalue weighted by Crippen LogP contribution is 1.88. The summed E-state index contributed by atoms with van der Waals surface area (Å²) in [6, 6.07) is 1.73. The Morgan fingerprint density at radius 2 is 2.00 bits per heavy atom. The fourth-order valence-electron chi connectivity index (χ4n) is 0.316. The van der Waals surface area contributed by atoms with Gasteiger partial charge in [-0.05, 0) is 6.92 Å². The number of nitrogens with zero attached hydrogens (tertiary/aromatic N) is 1. The Kier molecular flexibility index (Phi) is 3.67. The standard InChI is InChI=1S/C6H9N3O2/c1-4(3-7)6(11)9-8-5(2)10/h4H,1-2H3,(H,8,10)(H,9,11). The molecular weight excluding hydrogens is 146 g/mol. The maximum atomic E-state index is 10.7. The first-order chi connectivity index (χ1) is 5.07. The number of rotatable bonds is 1. The van der Waals surface area contributed by atoms with Crippen molar-refractivity contribution in [3.05, 3.63) is 0 Å². The molecule has 0 aromatic rings. The summed E-state index contributed by atoms with van der Waals surface area (Å²) in [5.41, 5.74) is 4.14. The molecule has 0 saturated carbocycles. The summed E-state index contributed by atoms with van der Waals surface area (Å²) in [4.78, 5) is 21.0. The first-order valence-electron chi connectivity index (χ1n) is 3.04. The summed E-state index contributed by atoms with van der Waals surface area (Å²) in [6.45, 7) is 2.70. The molecule has 1 unspecified atom stereocenters. The van der Waals surface area contributed by atoms with Gasteiger partial charge in [-0.3, -0.25) is 20.4 Å². The lowest BCUT2D eigenvalue weighted by atomic mass is 10.2. The van der Waals surface area contributed by atoms with E-state index in [0.717, 1.165) is 0 Å². The number of carbonyl (C=O) groups excluding carboxylic acids is 2. The minimum atomic E-state index is -0.748. The minimum absolute atomic E-state index is 0.372. The zero-order chi connectivity index (χ0) is 8.85. The molecule has 5 nitrogen and oxygen atoms in total. The van der Waals surface area contributed by atoms with E-state index in [4.69, 9.17) is 5.26 Å². The Bertz CT molecular complexity index is 206. The number of amides is 2. The SMILES string of the molecule is CC(=O)NNC(=O)C(C)C#N. The predicted octanol–water partition coefficient (Wildman–Crippen LogP) is -0.687. The van der Waals surface area contributed by atoms with E-state index >= 15 is 0 Å². The highest BCUT2D eigenvalue weighted by Gasteiger charge is 2.10. The van der Waals surface area contributed by atoms with Crippen LogP contribution < -0.4 is 10.9 Å². The lowest BCUT2D eigenvalue weighted by molar-refractivity contribution is -0.129. The zero-order valence-electron chi connectivity index (χ0n) is 6.34. The van der Waals surface area contributed by atoms with Crippen LogP contribution in [0.4, 0.5) is 0 Å². The molecule has 0 fully saturated rings. The number of hydrogen-bond donors (Lipinski definition) is 2. The lowest BCUT2D eigenvalue weighted by Gasteiger charge is -2.04. The smallest absolute Gasteiger partial charge is 0.255 e. The summed E-state index contributed by atoms with van der Waals surface area (Å²) >= 11 is 0. The molecule has 0 aromatic carbocycles. The van der Waals surface area contributed by atoms with Gasteiger partial charge >= 0.3 is 0 Å². The molecule has 5 heteroatoms. The van der Waals surface area contributed by atoms with Gasteiger partial charge in [-0.25, -0.2) is 0 Å². The van der Waals surface area contributed by atoms with Crippen LogP contribution in [0.15, 0.2) is 0 Å². The van der Waals surface area contributed by atoms with Gasteiger partial charge in [0.1, 0.15) is 5.92 Å². The van der Waals surface area contributed by atoms with E-state index in [1.54, 1.807) is 6.07 Å². The van der Waals surface area contributed by atoms with Crippen molar-refractivity contribution in [3.63, 3.8) is 0 Å². The minimum Gasteiger partial charge on any atom is -0.274 e. The van der Waals surface area contributed by atoms with E-state index < -0.39 is 11.8 Å². The summed E-state index contributed by atoms with van der Waals surface area (Å²) in [5, 5.41) is 8.25.